The fourth-order valence-electron chi connectivity index (χ4n) is 2.21. The smallest absolute Gasteiger partial charge is 0.248 e. The molecule has 2 aromatic rings. The summed E-state index contributed by atoms with van der Waals surface area (Å²) in [5, 5.41) is 4.84. The minimum absolute atomic E-state index is 0.0369. The standard InChI is InChI=1S/C16H18N2O3S/c1-3-16(2)20-13-6-4-11(8-14(13)21-16)18-15(19)7-5-12-9-22-10-17-12/h4,6,8-10H,3,5,7H2,1-2H3,(H,18,19)/t16-/m1/s1. The van der Waals surface area contributed by atoms with Gasteiger partial charge < -0.3 is 14.8 Å². The number of nitrogens with zero attached hydrogens (tertiary/aromatic N) is 1. The molecule has 0 fully saturated rings. The number of thiazole rings is 1. The van der Waals surface area contributed by atoms with Crippen molar-refractivity contribution in [3.8, 4) is 11.5 Å². The first-order valence-corrected chi connectivity index (χ1v) is 8.21. The molecule has 0 radical (unpaired) electrons. The molecule has 1 N–H and O–H groups in total. The number of hydrogen-bond donors (Lipinski definition) is 1. The number of aryl methyl sites for hydroxylation is 1. The first-order chi connectivity index (χ1) is 10.6. The maximum absolute atomic E-state index is 12.0. The second-order valence-electron chi connectivity index (χ2n) is 5.38. The summed E-state index contributed by atoms with van der Waals surface area (Å²) < 4.78 is 11.6. The van der Waals surface area contributed by atoms with Crippen LogP contribution in [0.4, 0.5) is 5.69 Å². The molecule has 1 aromatic carbocycles. The van der Waals surface area contributed by atoms with Crippen LogP contribution in [-0.2, 0) is 11.2 Å². The zero-order chi connectivity index (χ0) is 15.6. The first-order valence-electron chi connectivity index (χ1n) is 7.27. The summed E-state index contributed by atoms with van der Waals surface area (Å²) in [6.07, 6.45) is 1.80. The van der Waals surface area contributed by atoms with Crippen LogP contribution in [0.5, 0.6) is 11.5 Å². The van der Waals surface area contributed by atoms with Gasteiger partial charge in [0.1, 0.15) is 0 Å². The van der Waals surface area contributed by atoms with Crippen LogP contribution in [-0.4, -0.2) is 16.7 Å². The highest BCUT2D eigenvalue weighted by atomic mass is 32.1. The van der Waals surface area contributed by atoms with Crippen molar-refractivity contribution < 1.29 is 14.3 Å². The number of carbonyl (C=O) groups excluding carboxylic acids is 1. The lowest BCUT2D eigenvalue weighted by Gasteiger charge is -2.20. The third kappa shape index (κ3) is 3.22. The van der Waals surface area contributed by atoms with Crippen LogP contribution in [0.1, 0.15) is 32.4 Å². The Kier molecular flexibility index (Phi) is 4.02. The molecular weight excluding hydrogens is 300 g/mol. The fraction of sp³-hybridized carbons (Fsp3) is 0.375. The van der Waals surface area contributed by atoms with E-state index < -0.39 is 5.79 Å². The highest BCUT2D eigenvalue weighted by Gasteiger charge is 2.34. The lowest BCUT2D eigenvalue weighted by atomic mass is 10.2. The molecule has 0 unspecified atom stereocenters. The van der Waals surface area contributed by atoms with Crippen molar-refractivity contribution in [3.63, 3.8) is 0 Å². The molecule has 0 bridgehead atoms. The van der Waals surface area contributed by atoms with Gasteiger partial charge in [0.15, 0.2) is 11.5 Å². The van der Waals surface area contributed by atoms with Gasteiger partial charge in [0.25, 0.3) is 0 Å². The van der Waals surface area contributed by atoms with Crippen LogP contribution in [0.25, 0.3) is 0 Å². The molecule has 2 heterocycles. The zero-order valence-corrected chi connectivity index (χ0v) is 13.4. The largest absolute Gasteiger partial charge is 0.449 e. The Hall–Kier alpha value is -2.08. The molecule has 0 spiro atoms. The summed E-state index contributed by atoms with van der Waals surface area (Å²) in [7, 11) is 0. The van der Waals surface area contributed by atoms with Gasteiger partial charge in [0, 0.05) is 36.9 Å². The summed E-state index contributed by atoms with van der Waals surface area (Å²) in [5.74, 6) is 0.729. The van der Waals surface area contributed by atoms with E-state index in [2.05, 4.69) is 10.3 Å². The van der Waals surface area contributed by atoms with Crippen molar-refractivity contribution in [2.45, 2.75) is 38.9 Å². The molecule has 1 aliphatic heterocycles. The predicted octanol–water partition coefficient (Wildman–Crippen LogP) is 3.61. The van der Waals surface area contributed by atoms with Crippen LogP contribution in [0.15, 0.2) is 29.1 Å². The van der Waals surface area contributed by atoms with Crippen molar-refractivity contribution in [1.29, 1.82) is 0 Å². The number of ether oxygens (including phenoxy) is 2. The number of hydrogen-bond acceptors (Lipinski definition) is 5. The Balaban J connectivity index is 1.60. The highest BCUT2D eigenvalue weighted by molar-refractivity contribution is 7.07. The van der Waals surface area contributed by atoms with E-state index in [1.165, 1.54) is 11.3 Å². The molecular formula is C16H18N2O3S. The second-order valence-corrected chi connectivity index (χ2v) is 6.10. The molecule has 0 saturated heterocycles. The van der Waals surface area contributed by atoms with Gasteiger partial charge in [-0.1, -0.05) is 6.92 Å². The normalized spacial score (nSPS) is 19.2. The number of amides is 1. The summed E-state index contributed by atoms with van der Waals surface area (Å²) in [6, 6.07) is 5.45. The molecule has 116 valence electrons. The molecule has 0 aliphatic carbocycles. The molecule has 5 nitrogen and oxygen atoms in total. The Morgan fingerprint density at radius 1 is 1.36 bits per heavy atom. The van der Waals surface area contributed by atoms with Gasteiger partial charge >= 0.3 is 0 Å². The lowest BCUT2D eigenvalue weighted by Crippen LogP contribution is -2.33. The molecule has 1 aliphatic rings. The number of rotatable bonds is 5. The van der Waals surface area contributed by atoms with E-state index in [9.17, 15) is 4.79 Å². The third-order valence-corrected chi connectivity index (χ3v) is 4.25. The molecule has 3 rings (SSSR count). The van der Waals surface area contributed by atoms with Crippen molar-refractivity contribution in [1.82, 2.24) is 4.98 Å². The van der Waals surface area contributed by atoms with E-state index in [4.69, 9.17) is 9.47 Å². The molecule has 1 amide bonds. The minimum Gasteiger partial charge on any atom is -0.449 e. The van der Waals surface area contributed by atoms with Crippen molar-refractivity contribution >= 4 is 22.9 Å². The van der Waals surface area contributed by atoms with Crippen LogP contribution in [0, 0.1) is 0 Å². The number of carbonyl (C=O) groups is 1. The first kappa shape index (κ1) is 14.8. The van der Waals surface area contributed by atoms with Gasteiger partial charge in [0.2, 0.25) is 11.7 Å². The molecule has 0 saturated carbocycles. The van der Waals surface area contributed by atoms with Gasteiger partial charge in [0.05, 0.1) is 11.2 Å². The molecule has 6 heteroatoms. The monoisotopic (exact) mass is 318 g/mol. The fourth-order valence-corrected chi connectivity index (χ4v) is 2.80. The Bertz CT molecular complexity index is 672. The zero-order valence-electron chi connectivity index (χ0n) is 12.6. The average molecular weight is 318 g/mol. The van der Waals surface area contributed by atoms with E-state index in [1.807, 2.05) is 31.4 Å². The second kappa shape index (κ2) is 5.96. The molecule has 1 atom stereocenters. The quantitative estimate of drug-likeness (QED) is 0.915. The van der Waals surface area contributed by atoms with Crippen molar-refractivity contribution in [3.05, 3.63) is 34.8 Å². The van der Waals surface area contributed by atoms with E-state index >= 15 is 0 Å². The van der Waals surface area contributed by atoms with Crippen molar-refractivity contribution in [2.24, 2.45) is 0 Å². The van der Waals surface area contributed by atoms with Gasteiger partial charge in [-0.15, -0.1) is 11.3 Å². The van der Waals surface area contributed by atoms with Crippen LogP contribution in [0.2, 0.25) is 0 Å². The topological polar surface area (TPSA) is 60.5 Å². The molecule has 1 aromatic heterocycles. The van der Waals surface area contributed by atoms with E-state index in [-0.39, 0.29) is 5.91 Å². The lowest BCUT2D eigenvalue weighted by molar-refractivity contribution is -0.116. The SMILES string of the molecule is CC[C@]1(C)Oc2ccc(NC(=O)CCc3cscn3)cc2O1. The number of nitrogens with one attached hydrogen (secondary N) is 1. The molecule has 22 heavy (non-hydrogen) atoms. The van der Waals surface area contributed by atoms with Crippen molar-refractivity contribution in [2.75, 3.05) is 5.32 Å². The van der Waals surface area contributed by atoms with Gasteiger partial charge in [-0.25, -0.2) is 4.98 Å². The Morgan fingerprint density at radius 2 is 2.18 bits per heavy atom. The van der Waals surface area contributed by atoms with E-state index in [0.29, 0.717) is 30.0 Å². The number of aromatic nitrogens is 1. The number of anilines is 1. The van der Waals surface area contributed by atoms with Gasteiger partial charge in [-0.3, -0.25) is 4.79 Å². The van der Waals surface area contributed by atoms with E-state index in [0.717, 1.165) is 12.1 Å². The summed E-state index contributed by atoms with van der Waals surface area (Å²) in [4.78, 5) is 16.2. The maximum Gasteiger partial charge on any atom is 0.248 e. The average Bonchev–Trinajstić information content (AvgIpc) is 3.12. The Morgan fingerprint density at radius 3 is 2.91 bits per heavy atom. The van der Waals surface area contributed by atoms with E-state index in [1.54, 1.807) is 11.6 Å². The number of fused-ring (bicyclic) bond motifs is 1. The summed E-state index contributed by atoms with van der Waals surface area (Å²) in [6.45, 7) is 3.91. The predicted molar refractivity (Wildman–Crippen MR) is 85.5 cm³/mol. The highest BCUT2D eigenvalue weighted by Crippen LogP contribution is 2.42. The minimum atomic E-state index is -0.615. The summed E-state index contributed by atoms with van der Waals surface area (Å²) >= 11 is 1.54. The Labute approximate surface area is 133 Å². The van der Waals surface area contributed by atoms with Gasteiger partial charge in [-0.05, 0) is 18.6 Å². The maximum atomic E-state index is 12.0. The van der Waals surface area contributed by atoms with Crippen LogP contribution in [0.3, 0.4) is 0 Å². The van der Waals surface area contributed by atoms with Gasteiger partial charge in [-0.2, -0.15) is 0 Å². The summed E-state index contributed by atoms with van der Waals surface area (Å²) in [5.41, 5.74) is 3.44. The van der Waals surface area contributed by atoms with Crippen LogP contribution < -0.4 is 14.8 Å². The van der Waals surface area contributed by atoms with Crippen LogP contribution >= 0.6 is 11.3 Å². The third-order valence-electron chi connectivity index (χ3n) is 3.61. The number of benzene rings is 1.